The molecule has 0 unspecified atom stereocenters. The number of anilines is 1. The molecule has 0 aliphatic heterocycles. The fraction of sp³-hybridized carbons (Fsp3) is 0.600. The molecule has 1 aliphatic rings. The maximum absolute atomic E-state index is 11.5. The molecule has 33 heavy (non-hydrogen) atoms. The molecule has 0 aromatic carbocycles. The molecular weight excluding hydrogens is 446 g/mol. The van der Waals surface area contributed by atoms with Gasteiger partial charge in [0.1, 0.15) is 30.6 Å². The molecule has 0 saturated heterocycles. The van der Waals surface area contributed by atoms with Gasteiger partial charge >= 0.3 is 11.8 Å². The first-order valence-corrected chi connectivity index (χ1v) is 14.7. The second-order valence-corrected chi connectivity index (χ2v) is 15.1. The standard InChI is InChI=1S/C20H31N7O5Si/c1-33(2,3)8-7-32-13-26-12-22-19(25-26)17-10-16(18(11-21-17)27(30)31)23-14-5-4-6-15(9-14)24-20(28)29/h10-12,14-15,24H,4-9,13H2,1-3H3,(H,21,23)(H,28,29)/t14-,15+/m1/s1. The van der Waals surface area contributed by atoms with Crippen LogP contribution in [0.15, 0.2) is 18.6 Å². The number of nitro groups is 1. The number of aromatic nitrogens is 4. The summed E-state index contributed by atoms with van der Waals surface area (Å²) in [4.78, 5) is 30.4. The van der Waals surface area contributed by atoms with E-state index < -0.39 is 19.1 Å². The number of ether oxygens (including phenoxy) is 1. The molecule has 0 spiro atoms. The topological polar surface area (TPSA) is 157 Å². The summed E-state index contributed by atoms with van der Waals surface area (Å²) < 4.78 is 7.25. The first-order chi connectivity index (χ1) is 15.6. The van der Waals surface area contributed by atoms with Crippen molar-refractivity contribution >= 4 is 25.5 Å². The highest BCUT2D eigenvalue weighted by Gasteiger charge is 2.26. The lowest BCUT2D eigenvalue weighted by atomic mass is 9.91. The zero-order valence-corrected chi connectivity index (χ0v) is 20.2. The van der Waals surface area contributed by atoms with Crippen molar-refractivity contribution in [2.75, 3.05) is 11.9 Å². The van der Waals surface area contributed by atoms with E-state index in [1.807, 2.05) is 0 Å². The van der Waals surface area contributed by atoms with Crippen LogP contribution in [0.2, 0.25) is 25.7 Å². The number of rotatable bonds is 10. The Kier molecular flexibility index (Phi) is 7.97. The number of carbonyl (C=O) groups is 1. The normalized spacial score (nSPS) is 18.6. The summed E-state index contributed by atoms with van der Waals surface area (Å²) in [5.41, 5.74) is 0.565. The number of amides is 1. The van der Waals surface area contributed by atoms with E-state index in [9.17, 15) is 14.9 Å². The van der Waals surface area contributed by atoms with Crippen LogP contribution >= 0.6 is 0 Å². The van der Waals surface area contributed by atoms with Gasteiger partial charge in [-0.15, -0.1) is 5.10 Å². The second-order valence-electron chi connectivity index (χ2n) is 9.45. The van der Waals surface area contributed by atoms with Gasteiger partial charge in [0.05, 0.1) is 4.92 Å². The van der Waals surface area contributed by atoms with Gasteiger partial charge in [-0.3, -0.25) is 10.1 Å². The number of nitrogens with zero attached hydrogens (tertiary/aromatic N) is 5. The molecular formula is C20H31N7O5Si. The summed E-state index contributed by atoms with van der Waals surface area (Å²) in [5.74, 6) is 0.343. The van der Waals surface area contributed by atoms with Crippen molar-refractivity contribution in [2.24, 2.45) is 0 Å². The van der Waals surface area contributed by atoms with Gasteiger partial charge in [0.2, 0.25) is 0 Å². The highest BCUT2D eigenvalue weighted by atomic mass is 28.3. The van der Waals surface area contributed by atoms with Gasteiger partial charge in [-0.1, -0.05) is 19.6 Å². The third-order valence-electron chi connectivity index (χ3n) is 5.43. The largest absolute Gasteiger partial charge is 0.465 e. The van der Waals surface area contributed by atoms with Crippen molar-refractivity contribution < 1.29 is 19.6 Å². The van der Waals surface area contributed by atoms with Crippen molar-refractivity contribution in [3.8, 4) is 11.5 Å². The van der Waals surface area contributed by atoms with Gasteiger partial charge in [-0.2, -0.15) is 0 Å². The van der Waals surface area contributed by atoms with Crippen molar-refractivity contribution in [1.29, 1.82) is 0 Å². The van der Waals surface area contributed by atoms with Crippen LogP contribution in [0.1, 0.15) is 25.7 Å². The van der Waals surface area contributed by atoms with E-state index in [-0.39, 0.29) is 24.5 Å². The molecule has 1 fully saturated rings. The van der Waals surface area contributed by atoms with Gasteiger partial charge in [-0.25, -0.2) is 19.4 Å². The SMILES string of the molecule is C[Si](C)(C)CCOCn1cnc(-c2cc(N[C@@H]3CCC[C@H](NC(=O)O)C3)c([N+](=O)[O-])cn2)n1. The van der Waals surface area contributed by atoms with Crippen LogP contribution < -0.4 is 10.6 Å². The fourth-order valence-corrected chi connectivity index (χ4v) is 4.45. The van der Waals surface area contributed by atoms with Crippen molar-refractivity contribution in [3.05, 3.63) is 28.7 Å². The fourth-order valence-electron chi connectivity index (χ4n) is 3.69. The van der Waals surface area contributed by atoms with Crippen LogP contribution in [0.4, 0.5) is 16.2 Å². The molecule has 1 saturated carbocycles. The molecule has 0 bridgehead atoms. The van der Waals surface area contributed by atoms with E-state index in [0.29, 0.717) is 30.2 Å². The molecule has 2 aromatic heterocycles. The van der Waals surface area contributed by atoms with E-state index in [2.05, 4.69) is 45.3 Å². The van der Waals surface area contributed by atoms with Crippen LogP contribution in [0, 0.1) is 10.1 Å². The third-order valence-corrected chi connectivity index (χ3v) is 7.13. The van der Waals surface area contributed by atoms with E-state index in [1.165, 1.54) is 6.20 Å². The first-order valence-electron chi connectivity index (χ1n) is 11.0. The van der Waals surface area contributed by atoms with Gasteiger partial charge in [0, 0.05) is 26.8 Å². The second kappa shape index (κ2) is 10.7. The Morgan fingerprint density at radius 2 is 2.09 bits per heavy atom. The predicted octanol–water partition coefficient (Wildman–Crippen LogP) is 3.55. The molecule has 1 aliphatic carbocycles. The van der Waals surface area contributed by atoms with Gasteiger partial charge in [0.25, 0.3) is 0 Å². The van der Waals surface area contributed by atoms with Gasteiger partial charge in [-0.05, 0) is 37.8 Å². The summed E-state index contributed by atoms with van der Waals surface area (Å²) in [6.07, 6.45) is 4.57. The van der Waals surface area contributed by atoms with Crippen LogP contribution in [-0.4, -0.2) is 62.6 Å². The molecule has 180 valence electrons. The van der Waals surface area contributed by atoms with E-state index in [0.717, 1.165) is 25.3 Å². The molecule has 12 nitrogen and oxygen atoms in total. The monoisotopic (exact) mass is 477 g/mol. The summed E-state index contributed by atoms with van der Waals surface area (Å²) in [6.45, 7) is 7.79. The minimum atomic E-state index is -1.17. The minimum absolute atomic E-state index is 0.102. The van der Waals surface area contributed by atoms with Gasteiger partial charge < -0.3 is 20.5 Å². The average molecular weight is 478 g/mol. The zero-order chi connectivity index (χ0) is 24.0. The Hall–Kier alpha value is -3.06. The Labute approximate surface area is 192 Å². The third kappa shape index (κ3) is 7.49. The Morgan fingerprint density at radius 1 is 1.33 bits per heavy atom. The number of hydrogen-bond donors (Lipinski definition) is 3. The predicted molar refractivity (Wildman–Crippen MR) is 125 cm³/mol. The summed E-state index contributed by atoms with van der Waals surface area (Å²) in [5, 5.41) is 30.6. The van der Waals surface area contributed by atoms with Gasteiger partial charge in [0.15, 0.2) is 5.82 Å². The van der Waals surface area contributed by atoms with Crippen LogP contribution in [-0.2, 0) is 11.5 Å². The Balaban J connectivity index is 1.69. The lowest BCUT2D eigenvalue weighted by Crippen LogP contribution is -2.41. The van der Waals surface area contributed by atoms with Crippen LogP contribution in [0.25, 0.3) is 11.5 Å². The Morgan fingerprint density at radius 3 is 2.79 bits per heavy atom. The smallest absolute Gasteiger partial charge is 0.404 e. The number of pyridine rings is 1. The lowest BCUT2D eigenvalue weighted by molar-refractivity contribution is -0.384. The number of nitrogens with one attached hydrogen (secondary N) is 2. The molecule has 2 aromatic rings. The van der Waals surface area contributed by atoms with Crippen molar-refractivity contribution in [2.45, 2.75) is 70.2 Å². The maximum atomic E-state index is 11.5. The lowest BCUT2D eigenvalue weighted by Gasteiger charge is -2.30. The maximum Gasteiger partial charge on any atom is 0.404 e. The van der Waals surface area contributed by atoms with Crippen LogP contribution in [0.3, 0.4) is 0 Å². The number of carboxylic acid groups (broad SMARTS) is 1. The quantitative estimate of drug-likeness (QED) is 0.201. The van der Waals surface area contributed by atoms with E-state index in [1.54, 1.807) is 17.1 Å². The van der Waals surface area contributed by atoms with Crippen molar-refractivity contribution in [3.63, 3.8) is 0 Å². The highest BCUT2D eigenvalue weighted by Crippen LogP contribution is 2.30. The minimum Gasteiger partial charge on any atom is -0.465 e. The number of hydrogen-bond acceptors (Lipinski definition) is 8. The average Bonchev–Trinajstić information content (AvgIpc) is 3.19. The molecule has 3 N–H and O–H groups in total. The molecule has 0 radical (unpaired) electrons. The summed E-state index contributed by atoms with van der Waals surface area (Å²) >= 11 is 0. The molecule has 3 rings (SSSR count). The van der Waals surface area contributed by atoms with Crippen LogP contribution in [0.5, 0.6) is 0 Å². The Bertz CT molecular complexity index is 978. The summed E-state index contributed by atoms with van der Waals surface area (Å²) in [7, 11) is -1.17. The highest BCUT2D eigenvalue weighted by molar-refractivity contribution is 6.76. The molecule has 13 heteroatoms. The molecule has 2 heterocycles. The molecule has 1 amide bonds. The zero-order valence-electron chi connectivity index (χ0n) is 19.2. The van der Waals surface area contributed by atoms with Crippen molar-refractivity contribution in [1.82, 2.24) is 25.1 Å². The molecule has 2 atom stereocenters. The summed E-state index contributed by atoms with van der Waals surface area (Å²) in [6, 6.07) is 2.33. The van der Waals surface area contributed by atoms with E-state index in [4.69, 9.17) is 9.84 Å². The van der Waals surface area contributed by atoms with E-state index >= 15 is 0 Å². The first kappa shape index (κ1) is 24.6.